The van der Waals surface area contributed by atoms with Crippen LogP contribution in [0.3, 0.4) is 0 Å². The zero-order valence-corrected chi connectivity index (χ0v) is 9.38. The Kier molecular flexibility index (Phi) is 3.19. The van der Waals surface area contributed by atoms with E-state index in [0.29, 0.717) is 0 Å². The SMILES string of the molecule is C#[N+]c1ccc(Cc2ccc([N+]#C)cc2)cc1. The first-order valence-electron chi connectivity index (χ1n) is 5.31. The third-order valence-corrected chi connectivity index (χ3v) is 2.58. The molecule has 0 amide bonds. The van der Waals surface area contributed by atoms with Gasteiger partial charge in [0.15, 0.2) is 0 Å². The van der Waals surface area contributed by atoms with Crippen LogP contribution >= 0.6 is 0 Å². The predicted octanol–water partition coefficient (Wildman–Crippen LogP) is 4.47. The fourth-order valence-corrected chi connectivity index (χ4v) is 1.64. The second-order valence-corrected chi connectivity index (χ2v) is 3.77. The maximum absolute atomic E-state index is 5.19. The van der Waals surface area contributed by atoms with Crippen molar-refractivity contribution >= 4 is 11.4 Å². The second-order valence-electron chi connectivity index (χ2n) is 3.77. The Morgan fingerprint density at radius 1 is 0.647 bits per heavy atom. The minimum Gasteiger partial charge on any atom is -0.0508 e. The van der Waals surface area contributed by atoms with Crippen molar-refractivity contribution in [3.05, 3.63) is 69.3 Å². The summed E-state index contributed by atoms with van der Waals surface area (Å²) in [6, 6.07) is 15.7. The average Bonchev–Trinajstić information content (AvgIpc) is 2.40. The van der Waals surface area contributed by atoms with Gasteiger partial charge in [0.25, 0.3) is 13.1 Å². The molecule has 0 saturated heterocycles. The van der Waals surface area contributed by atoms with Gasteiger partial charge in [-0.15, -0.1) is 0 Å². The highest BCUT2D eigenvalue weighted by molar-refractivity contribution is 5.48. The molecule has 0 aliphatic carbocycles. The first-order valence-corrected chi connectivity index (χ1v) is 5.31. The van der Waals surface area contributed by atoms with Crippen LogP contribution in [0.15, 0.2) is 48.5 Å². The first kappa shape index (κ1) is 10.9. The smallest absolute Gasteiger partial charge is 0.0508 e. The Balaban J connectivity index is 2.14. The fraction of sp³-hybridized carbons (Fsp3) is 0.0667. The summed E-state index contributed by atoms with van der Waals surface area (Å²) in [5.41, 5.74) is 4.00. The van der Waals surface area contributed by atoms with Gasteiger partial charge in [-0.25, -0.2) is 0 Å². The molecule has 0 N–H and O–H groups in total. The highest BCUT2D eigenvalue weighted by Gasteiger charge is 2.03. The molecule has 0 spiro atoms. The predicted molar refractivity (Wildman–Crippen MR) is 71.6 cm³/mol. The molecule has 2 rings (SSSR count). The Labute approximate surface area is 101 Å². The van der Waals surface area contributed by atoms with Crippen LogP contribution in [0.5, 0.6) is 0 Å². The topological polar surface area (TPSA) is 8.72 Å². The fourth-order valence-electron chi connectivity index (χ4n) is 1.64. The van der Waals surface area contributed by atoms with Crippen molar-refractivity contribution in [3.63, 3.8) is 0 Å². The zero-order valence-electron chi connectivity index (χ0n) is 9.38. The van der Waals surface area contributed by atoms with Crippen LogP contribution in [0.1, 0.15) is 11.1 Å². The van der Waals surface area contributed by atoms with Crippen LogP contribution in [-0.4, -0.2) is 0 Å². The van der Waals surface area contributed by atoms with E-state index in [-0.39, 0.29) is 0 Å². The van der Waals surface area contributed by atoms with Gasteiger partial charge in [0.2, 0.25) is 0 Å². The molecule has 0 bridgehead atoms. The lowest BCUT2D eigenvalue weighted by molar-refractivity contribution is 1.20. The Bertz CT molecular complexity index is 525. The van der Waals surface area contributed by atoms with Crippen molar-refractivity contribution in [3.8, 4) is 13.1 Å². The van der Waals surface area contributed by atoms with Crippen LogP contribution < -0.4 is 0 Å². The highest BCUT2D eigenvalue weighted by atomic mass is 14.6. The van der Waals surface area contributed by atoms with Crippen LogP contribution in [0.25, 0.3) is 9.69 Å². The van der Waals surface area contributed by atoms with Gasteiger partial charge < -0.3 is 0 Å². The molecule has 17 heavy (non-hydrogen) atoms. The molecule has 0 fully saturated rings. The number of rotatable bonds is 2. The third-order valence-electron chi connectivity index (χ3n) is 2.58. The van der Waals surface area contributed by atoms with Crippen LogP contribution in [-0.2, 0) is 6.42 Å². The quantitative estimate of drug-likeness (QED) is 0.706. The van der Waals surface area contributed by atoms with Crippen molar-refractivity contribution in [2.24, 2.45) is 0 Å². The number of nitrogens with zero attached hydrogens (tertiary/aromatic N) is 2. The number of benzene rings is 2. The van der Waals surface area contributed by atoms with E-state index in [1.165, 1.54) is 11.1 Å². The van der Waals surface area contributed by atoms with Crippen molar-refractivity contribution in [1.82, 2.24) is 0 Å². The van der Waals surface area contributed by atoms with E-state index in [0.717, 1.165) is 17.8 Å². The maximum atomic E-state index is 5.19. The molecule has 0 aliphatic rings. The molecule has 0 saturated carbocycles. The maximum Gasteiger partial charge on any atom is 0.339 e. The molecule has 0 aliphatic heterocycles. The summed E-state index contributed by atoms with van der Waals surface area (Å²) < 4.78 is 0. The van der Waals surface area contributed by atoms with E-state index in [1.807, 2.05) is 48.5 Å². The van der Waals surface area contributed by atoms with E-state index in [4.69, 9.17) is 13.1 Å². The van der Waals surface area contributed by atoms with E-state index >= 15 is 0 Å². The van der Waals surface area contributed by atoms with Crippen molar-refractivity contribution < 1.29 is 0 Å². The summed E-state index contributed by atoms with van der Waals surface area (Å²) in [5.74, 6) is 0. The molecule has 0 heterocycles. The second kappa shape index (κ2) is 4.96. The summed E-state index contributed by atoms with van der Waals surface area (Å²) in [4.78, 5) is 7.23. The van der Waals surface area contributed by atoms with E-state index in [9.17, 15) is 0 Å². The molecule has 80 valence electrons. The summed E-state index contributed by atoms with van der Waals surface area (Å²) in [7, 11) is 0. The summed E-state index contributed by atoms with van der Waals surface area (Å²) >= 11 is 0. The molecule has 2 aromatic carbocycles. The molecule has 0 unspecified atom stereocenters. The summed E-state index contributed by atoms with van der Waals surface area (Å²) in [6.07, 6.45) is 0.871. The molecule has 0 radical (unpaired) electrons. The summed E-state index contributed by atoms with van der Waals surface area (Å²) in [5, 5.41) is 0. The van der Waals surface area contributed by atoms with E-state index < -0.39 is 0 Å². The molecular formula is C15H12N2+2. The van der Waals surface area contributed by atoms with Crippen LogP contribution in [0.4, 0.5) is 11.4 Å². The Hall–Kier alpha value is -2.58. The molecule has 0 atom stereocenters. The van der Waals surface area contributed by atoms with Gasteiger partial charge in [-0.3, -0.25) is 0 Å². The first-order chi connectivity index (χ1) is 8.31. The van der Waals surface area contributed by atoms with Crippen molar-refractivity contribution in [2.75, 3.05) is 0 Å². The van der Waals surface area contributed by atoms with Gasteiger partial charge >= 0.3 is 11.4 Å². The third kappa shape index (κ3) is 2.71. The standard InChI is InChI=1S/C15H12N2/c1-16-14-7-3-12(4-8-14)11-13-5-9-15(17-2)10-6-13/h1-10H,11H2/q+2. The number of hydrogen-bond donors (Lipinski definition) is 0. The van der Waals surface area contributed by atoms with Crippen molar-refractivity contribution in [1.29, 1.82) is 0 Å². The molecule has 2 heteroatoms. The minimum absolute atomic E-state index is 0.783. The molecule has 2 aromatic rings. The normalized spacial score (nSPS) is 9.29. The number of hydrogen-bond acceptors (Lipinski definition) is 0. The van der Waals surface area contributed by atoms with Gasteiger partial charge in [0.1, 0.15) is 0 Å². The van der Waals surface area contributed by atoms with Gasteiger partial charge in [-0.1, -0.05) is 24.3 Å². The van der Waals surface area contributed by atoms with Crippen LogP contribution in [0.2, 0.25) is 0 Å². The van der Waals surface area contributed by atoms with Gasteiger partial charge in [0.05, 0.1) is 0 Å². The molecule has 0 aromatic heterocycles. The lowest BCUT2D eigenvalue weighted by atomic mass is 10.0. The van der Waals surface area contributed by atoms with E-state index in [2.05, 4.69) is 9.69 Å². The van der Waals surface area contributed by atoms with Gasteiger partial charge in [-0.2, -0.15) is 0 Å². The average molecular weight is 220 g/mol. The lowest BCUT2D eigenvalue weighted by Crippen LogP contribution is -1.86. The largest absolute Gasteiger partial charge is 0.339 e. The minimum atomic E-state index is 0.783. The zero-order chi connectivity index (χ0) is 12.1. The van der Waals surface area contributed by atoms with Crippen LogP contribution in [0, 0.1) is 13.1 Å². The monoisotopic (exact) mass is 220 g/mol. The Morgan fingerprint density at radius 2 is 1.00 bits per heavy atom. The highest BCUT2D eigenvalue weighted by Crippen LogP contribution is 2.17. The molecule has 2 nitrogen and oxygen atoms in total. The lowest BCUT2D eigenvalue weighted by Gasteiger charge is -1.99. The Morgan fingerprint density at radius 3 is 1.29 bits per heavy atom. The summed E-state index contributed by atoms with van der Waals surface area (Å²) in [6.45, 7) is 10.4. The molecular weight excluding hydrogens is 208 g/mol. The van der Waals surface area contributed by atoms with Crippen molar-refractivity contribution in [2.45, 2.75) is 6.42 Å². The van der Waals surface area contributed by atoms with E-state index in [1.54, 1.807) is 0 Å². The van der Waals surface area contributed by atoms with Gasteiger partial charge in [0, 0.05) is 24.3 Å². The van der Waals surface area contributed by atoms with Gasteiger partial charge in [-0.05, 0) is 27.2 Å².